The molecular formula is C17H34F2N2O2. The molecule has 0 amide bonds. The fraction of sp³-hybridized carbons (Fsp3) is 1.00. The van der Waals surface area contributed by atoms with Crippen LogP contribution in [0.2, 0.25) is 0 Å². The Labute approximate surface area is 140 Å². The Hall–Kier alpha value is -0.300. The van der Waals surface area contributed by atoms with Gasteiger partial charge in [-0.2, -0.15) is 8.78 Å². The fourth-order valence-electron chi connectivity index (χ4n) is 3.75. The molecule has 0 bridgehead atoms. The second-order valence-corrected chi connectivity index (χ2v) is 7.08. The first kappa shape index (κ1) is 20.7. The number of halogens is 2. The highest BCUT2D eigenvalue weighted by atomic mass is 19.3. The lowest BCUT2D eigenvalue weighted by molar-refractivity contribution is -0.239. The van der Waals surface area contributed by atoms with Gasteiger partial charge in [0.2, 0.25) is 0 Å². The number of hydrogen-bond acceptors (Lipinski definition) is 4. The predicted molar refractivity (Wildman–Crippen MR) is 88.7 cm³/mol. The maximum atomic E-state index is 15.4. The van der Waals surface area contributed by atoms with Crippen LogP contribution in [0.15, 0.2) is 0 Å². The molecule has 4 nitrogen and oxygen atoms in total. The maximum absolute atomic E-state index is 15.4. The summed E-state index contributed by atoms with van der Waals surface area (Å²) in [7, 11) is 3.12. The maximum Gasteiger partial charge on any atom is 0.370 e. The van der Waals surface area contributed by atoms with Crippen molar-refractivity contribution in [2.45, 2.75) is 83.8 Å². The van der Waals surface area contributed by atoms with Crippen molar-refractivity contribution in [1.29, 1.82) is 0 Å². The molecule has 0 saturated carbocycles. The molecule has 23 heavy (non-hydrogen) atoms. The van der Waals surface area contributed by atoms with E-state index in [0.717, 1.165) is 0 Å². The lowest BCUT2D eigenvalue weighted by atomic mass is 9.75. The van der Waals surface area contributed by atoms with Crippen LogP contribution < -0.4 is 0 Å². The van der Waals surface area contributed by atoms with Crippen molar-refractivity contribution >= 4 is 0 Å². The van der Waals surface area contributed by atoms with E-state index in [0.29, 0.717) is 12.8 Å². The highest BCUT2D eigenvalue weighted by molar-refractivity contribution is 5.15. The average molecular weight is 336 g/mol. The molecule has 138 valence electrons. The van der Waals surface area contributed by atoms with Crippen molar-refractivity contribution < 1.29 is 18.3 Å². The Kier molecular flexibility index (Phi) is 6.58. The number of nitrogens with zero attached hydrogens (tertiary/aromatic N) is 2. The van der Waals surface area contributed by atoms with Gasteiger partial charge in [0, 0.05) is 38.4 Å². The van der Waals surface area contributed by atoms with Gasteiger partial charge < -0.3 is 9.47 Å². The Balaban J connectivity index is 3.35. The molecule has 1 rings (SSSR count). The van der Waals surface area contributed by atoms with Crippen molar-refractivity contribution in [1.82, 2.24) is 9.80 Å². The summed E-state index contributed by atoms with van der Waals surface area (Å²) < 4.78 is 41.3. The summed E-state index contributed by atoms with van der Waals surface area (Å²) in [6, 6.07) is 0. The Bertz CT molecular complexity index is 363. The Morgan fingerprint density at radius 1 is 0.826 bits per heavy atom. The van der Waals surface area contributed by atoms with E-state index in [4.69, 9.17) is 9.47 Å². The fourth-order valence-corrected chi connectivity index (χ4v) is 3.75. The van der Waals surface area contributed by atoms with Crippen molar-refractivity contribution in [3.8, 4) is 0 Å². The first-order valence-electron chi connectivity index (χ1n) is 8.54. The molecule has 4 atom stereocenters. The van der Waals surface area contributed by atoms with E-state index in [-0.39, 0.29) is 25.3 Å². The van der Waals surface area contributed by atoms with Gasteiger partial charge in [0.05, 0.1) is 12.2 Å². The molecule has 1 aliphatic rings. The molecule has 1 fully saturated rings. The minimum atomic E-state index is -3.03. The van der Waals surface area contributed by atoms with Crippen LogP contribution in [0.3, 0.4) is 0 Å². The molecule has 0 aromatic heterocycles. The molecule has 0 N–H and O–H groups in total. The van der Waals surface area contributed by atoms with Gasteiger partial charge in [-0.25, -0.2) is 9.80 Å². The monoisotopic (exact) mass is 336 g/mol. The summed E-state index contributed by atoms with van der Waals surface area (Å²) in [5, 5.41) is 0. The summed E-state index contributed by atoms with van der Waals surface area (Å²) >= 11 is 0. The lowest BCUT2D eigenvalue weighted by Crippen LogP contribution is -2.58. The molecule has 0 spiro atoms. The van der Waals surface area contributed by atoms with Crippen molar-refractivity contribution in [2.75, 3.05) is 27.3 Å². The van der Waals surface area contributed by atoms with Gasteiger partial charge in [-0.15, -0.1) is 0 Å². The first-order valence-corrected chi connectivity index (χ1v) is 8.54. The molecule has 6 heteroatoms. The zero-order valence-electron chi connectivity index (χ0n) is 15.9. The van der Waals surface area contributed by atoms with Crippen LogP contribution in [0.4, 0.5) is 8.78 Å². The Morgan fingerprint density at radius 3 is 1.35 bits per heavy atom. The smallest absolute Gasteiger partial charge is 0.370 e. The van der Waals surface area contributed by atoms with Gasteiger partial charge in [-0.1, -0.05) is 13.8 Å². The number of methoxy groups -OCH3 is 2. The van der Waals surface area contributed by atoms with Crippen LogP contribution in [0.25, 0.3) is 0 Å². The average Bonchev–Trinajstić information content (AvgIpc) is 2.65. The molecule has 1 aliphatic heterocycles. The third-order valence-electron chi connectivity index (χ3n) is 6.06. The minimum absolute atomic E-state index is 0.196. The number of hydrogen-bond donors (Lipinski definition) is 0. The number of ether oxygens (including phenoxy) is 2. The highest BCUT2D eigenvalue weighted by Gasteiger charge is 2.69. The third kappa shape index (κ3) is 3.28. The van der Waals surface area contributed by atoms with Gasteiger partial charge in [-0.05, 0) is 40.5 Å². The van der Waals surface area contributed by atoms with Crippen LogP contribution in [0.1, 0.15) is 54.4 Å². The molecular weight excluding hydrogens is 302 g/mol. The molecule has 0 aromatic carbocycles. The van der Waals surface area contributed by atoms with Crippen LogP contribution in [0.5, 0.6) is 0 Å². The van der Waals surface area contributed by atoms with Gasteiger partial charge in [0.1, 0.15) is 0 Å². The summed E-state index contributed by atoms with van der Waals surface area (Å²) in [5.74, 6) is 0. The normalized spacial score (nSPS) is 34.7. The second kappa shape index (κ2) is 7.30. The topological polar surface area (TPSA) is 24.9 Å². The molecule has 4 unspecified atom stereocenters. The first-order chi connectivity index (χ1) is 10.5. The van der Waals surface area contributed by atoms with Crippen LogP contribution >= 0.6 is 0 Å². The molecule has 1 heterocycles. The van der Waals surface area contributed by atoms with E-state index in [1.165, 1.54) is 9.80 Å². The van der Waals surface area contributed by atoms with Crippen LogP contribution in [-0.4, -0.2) is 66.6 Å². The number of rotatable bonds is 8. The SMILES string of the molecule is CCC1(C)N(CC(C)OC)C(F)(F)N(CC(C)OC)C1(C)CC. The van der Waals surface area contributed by atoms with Gasteiger partial charge in [-0.3, -0.25) is 0 Å². The summed E-state index contributed by atoms with van der Waals surface area (Å²) in [4.78, 5) is 2.67. The molecule has 1 saturated heterocycles. The summed E-state index contributed by atoms with van der Waals surface area (Å²) in [6.45, 7) is 11.9. The standard InChI is InChI=1S/C17H34F2N2O2/c1-9-15(5)16(6,10-2)21(12-14(4)23-8)17(18,19)20(15)11-13(3)22-7/h13-14H,9-12H2,1-8H3. The third-order valence-corrected chi connectivity index (χ3v) is 6.06. The van der Waals surface area contributed by atoms with E-state index >= 15 is 8.78 Å². The quantitative estimate of drug-likeness (QED) is 0.633. The van der Waals surface area contributed by atoms with Gasteiger partial charge in [0.25, 0.3) is 0 Å². The summed E-state index contributed by atoms with van der Waals surface area (Å²) in [6.07, 6.45) is -2.27. The Morgan fingerprint density at radius 2 is 1.13 bits per heavy atom. The predicted octanol–water partition coefficient (Wildman–Crippen LogP) is 3.56. The van der Waals surface area contributed by atoms with Crippen molar-refractivity contribution in [3.63, 3.8) is 0 Å². The lowest BCUT2D eigenvalue weighted by Gasteiger charge is -2.46. The van der Waals surface area contributed by atoms with Gasteiger partial charge in [0.15, 0.2) is 0 Å². The zero-order valence-corrected chi connectivity index (χ0v) is 15.9. The van der Waals surface area contributed by atoms with Crippen LogP contribution in [0, 0.1) is 0 Å². The largest absolute Gasteiger partial charge is 0.380 e. The summed E-state index contributed by atoms with van der Waals surface area (Å²) in [5.41, 5.74) is -1.29. The van der Waals surface area contributed by atoms with Crippen molar-refractivity contribution in [2.24, 2.45) is 0 Å². The van der Waals surface area contributed by atoms with E-state index in [2.05, 4.69) is 0 Å². The van der Waals surface area contributed by atoms with E-state index in [9.17, 15) is 0 Å². The number of alkyl halides is 2. The van der Waals surface area contributed by atoms with Crippen molar-refractivity contribution in [3.05, 3.63) is 0 Å². The molecule has 0 aromatic rings. The van der Waals surface area contributed by atoms with Gasteiger partial charge >= 0.3 is 6.17 Å². The molecule has 0 radical (unpaired) electrons. The van der Waals surface area contributed by atoms with E-state index < -0.39 is 17.2 Å². The second-order valence-electron chi connectivity index (χ2n) is 7.08. The zero-order chi connectivity index (χ0) is 18.1. The van der Waals surface area contributed by atoms with E-state index in [1.807, 2.05) is 41.5 Å². The molecule has 0 aliphatic carbocycles. The van der Waals surface area contributed by atoms with E-state index in [1.54, 1.807) is 14.2 Å². The highest BCUT2D eigenvalue weighted by Crippen LogP contribution is 2.53. The van der Waals surface area contributed by atoms with Crippen LogP contribution in [-0.2, 0) is 9.47 Å². The minimum Gasteiger partial charge on any atom is -0.380 e.